The van der Waals surface area contributed by atoms with Gasteiger partial charge in [0.25, 0.3) is 0 Å². The average molecular weight is 457 g/mol. The van der Waals surface area contributed by atoms with Crippen molar-refractivity contribution in [2.75, 3.05) is 31.6 Å². The Morgan fingerprint density at radius 3 is 2.41 bits per heavy atom. The first-order valence-electron chi connectivity index (χ1n) is 10.6. The second kappa shape index (κ2) is 8.69. The summed E-state index contributed by atoms with van der Waals surface area (Å²) in [4.78, 5) is 12.8. The number of amides is 1. The first-order chi connectivity index (χ1) is 15.1. The SMILES string of the molecule is CC(C)(C)c1ccc2occ(CC(=O)Nc3ccc(S(=O)(=O)N4CCOCC4)cc3)c2c1. The van der Waals surface area contributed by atoms with Gasteiger partial charge in [-0.25, -0.2) is 8.42 Å². The molecule has 7 nitrogen and oxygen atoms in total. The minimum atomic E-state index is -3.56. The molecule has 1 aliphatic heterocycles. The number of morpholine rings is 1. The maximum Gasteiger partial charge on any atom is 0.243 e. The molecule has 8 heteroatoms. The molecule has 0 atom stereocenters. The minimum absolute atomic E-state index is 0.00566. The maximum atomic E-state index is 12.7. The van der Waals surface area contributed by atoms with Gasteiger partial charge in [-0.1, -0.05) is 26.8 Å². The van der Waals surface area contributed by atoms with E-state index >= 15 is 0 Å². The number of furan rings is 1. The number of carbonyl (C=O) groups is 1. The summed E-state index contributed by atoms with van der Waals surface area (Å²) in [5.41, 5.74) is 3.27. The van der Waals surface area contributed by atoms with Crippen molar-refractivity contribution in [1.29, 1.82) is 0 Å². The van der Waals surface area contributed by atoms with Crippen LogP contribution in [0.4, 0.5) is 5.69 Å². The van der Waals surface area contributed by atoms with Crippen molar-refractivity contribution in [3.63, 3.8) is 0 Å². The summed E-state index contributed by atoms with van der Waals surface area (Å²) < 4.78 is 37.7. The molecule has 170 valence electrons. The van der Waals surface area contributed by atoms with E-state index in [-0.39, 0.29) is 22.6 Å². The van der Waals surface area contributed by atoms with Crippen LogP contribution in [0.3, 0.4) is 0 Å². The second-order valence-corrected chi connectivity index (χ2v) is 10.9. The number of nitrogens with zero attached hydrogens (tertiary/aromatic N) is 1. The molecule has 1 saturated heterocycles. The Kier molecular flexibility index (Phi) is 6.11. The van der Waals surface area contributed by atoms with Crippen LogP contribution in [0.1, 0.15) is 31.9 Å². The van der Waals surface area contributed by atoms with E-state index in [0.29, 0.717) is 32.0 Å². The predicted molar refractivity (Wildman–Crippen MR) is 123 cm³/mol. The number of nitrogens with one attached hydrogen (secondary N) is 1. The number of rotatable bonds is 5. The van der Waals surface area contributed by atoms with Crippen molar-refractivity contribution < 1.29 is 22.4 Å². The first kappa shape index (κ1) is 22.5. The van der Waals surface area contributed by atoms with Crippen LogP contribution in [0, 0.1) is 0 Å². The molecule has 1 aliphatic rings. The lowest BCUT2D eigenvalue weighted by atomic mass is 9.86. The van der Waals surface area contributed by atoms with Crippen LogP contribution in [0.25, 0.3) is 11.0 Å². The van der Waals surface area contributed by atoms with Gasteiger partial charge in [-0.3, -0.25) is 4.79 Å². The van der Waals surface area contributed by atoms with Crippen LogP contribution in [0.2, 0.25) is 0 Å². The Hall–Kier alpha value is -2.68. The molecule has 1 N–H and O–H groups in total. The molecular weight excluding hydrogens is 428 g/mol. The van der Waals surface area contributed by atoms with Gasteiger partial charge in [0.05, 0.1) is 30.8 Å². The largest absolute Gasteiger partial charge is 0.464 e. The number of fused-ring (bicyclic) bond motifs is 1. The topological polar surface area (TPSA) is 88.8 Å². The maximum absolute atomic E-state index is 12.7. The van der Waals surface area contributed by atoms with Crippen LogP contribution in [0.15, 0.2) is 58.0 Å². The molecule has 0 aliphatic carbocycles. The molecule has 1 fully saturated rings. The molecule has 1 aromatic heterocycles. The second-order valence-electron chi connectivity index (χ2n) is 8.99. The van der Waals surface area contributed by atoms with Crippen molar-refractivity contribution in [3.8, 4) is 0 Å². The fourth-order valence-corrected chi connectivity index (χ4v) is 5.12. The van der Waals surface area contributed by atoms with E-state index in [1.54, 1.807) is 18.4 Å². The van der Waals surface area contributed by atoms with E-state index in [9.17, 15) is 13.2 Å². The number of carbonyl (C=O) groups excluding carboxylic acids is 1. The van der Waals surface area contributed by atoms with E-state index in [1.807, 2.05) is 12.1 Å². The third-order valence-electron chi connectivity index (χ3n) is 5.62. The third kappa shape index (κ3) is 4.72. The van der Waals surface area contributed by atoms with Gasteiger partial charge in [0.2, 0.25) is 15.9 Å². The van der Waals surface area contributed by atoms with E-state index in [2.05, 4.69) is 32.2 Å². The molecule has 3 aromatic rings. The Morgan fingerprint density at radius 1 is 1.06 bits per heavy atom. The quantitative estimate of drug-likeness (QED) is 0.628. The molecule has 0 spiro atoms. The molecule has 32 heavy (non-hydrogen) atoms. The Balaban J connectivity index is 1.45. The first-order valence-corrected chi connectivity index (χ1v) is 12.1. The summed E-state index contributed by atoms with van der Waals surface area (Å²) in [5, 5.41) is 3.77. The number of benzene rings is 2. The smallest absolute Gasteiger partial charge is 0.243 e. The molecule has 0 radical (unpaired) electrons. The van der Waals surface area contributed by atoms with E-state index in [0.717, 1.165) is 16.5 Å². The van der Waals surface area contributed by atoms with E-state index in [4.69, 9.17) is 9.15 Å². The number of hydrogen-bond acceptors (Lipinski definition) is 5. The van der Waals surface area contributed by atoms with Crippen LogP contribution in [-0.2, 0) is 31.4 Å². The number of hydrogen-bond donors (Lipinski definition) is 1. The highest BCUT2D eigenvalue weighted by atomic mass is 32.2. The molecule has 2 aromatic carbocycles. The molecule has 0 saturated carbocycles. The average Bonchev–Trinajstić information content (AvgIpc) is 3.16. The third-order valence-corrected chi connectivity index (χ3v) is 7.53. The van der Waals surface area contributed by atoms with Gasteiger partial charge in [-0.15, -0.1) is 0 Å². The molecular formula is C24H28N2O5S. The standard InChI is InChI=1S/C24H28N2O5S/c1-24(2,3)18-4-9-22-21(15-18)17(16-31-22)14-23(27)25-19-5-7-20(8-6-19)32(28,29)26-10-12-30-13-11-26/h4-9,15-16H,10-14H2,1-3H3,(H,25,27). The Bertz CT molecular complexity index is 1220. The molecule has 0 unspecified atom stereocenters. The summed E-state index contributed by atoms with van der Waals surface area (Å²) in [6, 6.07) is 12.3. The van der Waals surface area contributed by atoms with Crippen molar-refractivity contribution in [2.24, 2.45) is 0 Å². The normalized spacial score (nSPS) is 15.7. The van der Waals surface area contributed by atoms with Gasteiger partial charge in [-0.2, -0.15) is 4.31 Å². The monoisotopic (exact) mass is 456 g/mol. The zero-order chi connectivity index (χ0) is 22.9. The van der Waals surface area contributed by atoms with Gasteiger partial charge in [-0.05, 0) is 47.4 Å². The van der Waals surface area contributed by atoms with Crippen LogP contribution in [-0.4, -0.2) is 44.9 Å². The lowest BCUT2D eigenvalue weighted by Crippen LogP contribution is -2.40. The van der Waals surface area contributed by atoms with Gasteiger partial charge in [0.1, 0.15) is 5.58 Å². The minimum Gasteiger partial charge on any atom is -0.464 e. The number of ether oxygens (including phenoxy) is 1. The summed E-state index contributed by atoms with van der Waals surface area (Å²) in [7, 11) is -3.56. The van der Waals surface area contributed by atoms with Gasteiger partial charge in [0, 0.05) is 29.7 Å². The van der Waals surface area contributed by atoms with Crippen molar-refractivity contribution >= 4 is 32.6 Å². The zero-order valence-corrected chi connectivity index (χ0v) is 19.4. The molecule has 0 bridgehead atoms. The van der Waals surface area contributed by atoms with Crippen LogP contribution >= 0.6 is 0 Å². The summed E-state index contributed by atoms with van der Waals surface area (Å²) in [6.07, 6.45) is 1.78. The summed E-state index contributed by atoms with van der Waals surface area (Å²) in [5.74, 6) is -0.197. The molecule has 1 amide bonds. The number of anilines is 1. The van der Waals surface area contributed by atoms with E-state index in [1.165, 1.54) is 22.0 Å². The van der Waals surface area contributed by atoms with Crippen molar-refractivity contribution in [2.45, 2.75) is 37.5 Å². The van der Waals surface area contributed by atoms with Gasteiger partial charge in [0.15, 0.2) is 0 Å². The van der Waals surface area contributed by atoms with Crippen LogP contribution < -0.4 is 5.32 Å². The van der Waals surface area contributed by atoms with Gasteiger partial charge < -0.3 is 14.5 Å². The predicted octanol–water partition coefficient (Wildman–Crippen LogP) is 3.93. The Morgan fingerprint density at radius 2 is 1.75 bits per heavy atom. The van der Waals surface area contributed by atoms with Crippen molar-refractivity contribution in [1.82, 2.24) is 4.31 Å². The van der Waals surface area contributed by atoms with E-state index < -0.39 is 10.0 Å². The lowest BCUT2D eigenvalue weighted by molar-refractivity contribution is -0.115. The highest BCUT2D eigenvalue weighted by Gasteiger charge is 2.26. The van der Waals surface area contributed by atoms with Crippen LogP contribution in [0.5, 0.6) is 0 Å². The summed E-state index contributed by atoms with van der Waals surface area (Å²) in [6.45, 7) is 7.91. The van der Waals surface area contributed by atoms with Crippen molar-refractivity contribution in [3.05, 3.63) is 59.9 Å². The fourth-order valence-electron chi connectivity index (χ4n) is 3.71. The highest BCUT2D eigenvalue weighted by Crippen LogP contribution is 2.29. The molecule has 4 rings (SSSR count). The highest BCUT2D eigenvalue weighted by molar-refractivity contribution is 7.89. The van der Waals surface area contributed by atoms with Gasteiger partial charge >= 0.3 is 0 Å². The fraction of sp³-hybridized carbons (Fsp3) is 0.375. The number of sulfonamides is 1. The lowest BCUT2D eigenvalue weighted by Gasteiger charge is -2.26. The Labute approximate surface area is 188 Å². The molecule has 2 heterocycles. The zero-order valence-electron chi connectivity index (χ0n) is 18.6. The summed E-state index contributed by atoms with van der Waals surface area (Å²) >= 11 is 0.